The van der Waals surface area contributed by atoms with Crippen molar-refractivity contribution in [3.63, 3.8) is 0 Å². The van der Waals surface area contributed by atoms with Crippen molar-refractivity contribution in [3.8, 4) is 6.07 Å². The summed E-state index contributed by atoms with van der Waals surface area (Å²) in [6.45, 7) is 0. The third-order valence-electron chi connectivity index (χ3n) is 2.40. The maximum Gasteiger partial charge on any atom is 0.162 e. The first-order valence-electron chi connectivity index (χ1n) is 5.13. The van der Waals surface area contributed by atoms with Crippen molar-refractivity contribution < 1.29 is 4.39 Å². The van der Waals surface area contributed by atoms with Crippen LogP contribution >= 0.6 is 47.8 Å². The van der Waals surface area contributed by atoms with Crippen LogP contribution in [0, 0.1) is 17.1 Å². The molecule has 2 aromatic rings. The highest BCUT2D eigenvalue weighted by Gasteiger charge is 2.12. The lowest BCUT2D eigenvalue weighted by atomic mass is 10.2. The van der Waals surface area contributed by atoms with E-state index in [2.05, 4.69) is 53.1 Å². The van der Waals surface area contributed by atoms with Crippen molar-refractivity contribution in [2.45, 2.75) is 0 Å². The highest BCUT2D eigenvalue weighted by molar-refractivity contribution is 9.11. The van der Waals surface area contributed by atoms with E-state index in [4.69, 9.17) is 5.26 Å². The second-order valence-electron chi connectivity index (χ2n) is 3.65. The highest BCUT2D eigenvalue weighted by Crippen LogP contribution is 2.32. The first-order chi connectivity index (χ1) is 9.02. The van der Waals surface area contributed by atoms with Gasteiger partial charge in [0.25, 0.3) is 0 Å². The molecule has 0 atom stereocenters. The van der Waals surface area contributed by atoms with Crippen molar-refractivity contribution in [1.29, 1.82) is 5.26 Å². The second kappa shape index (κ2) is 6.04. The minimum absolute atomic E-state index is 0.160. The van der Waals surface area contributed by atoms with Crippen molar-refractivity contribution in [3.05, 3.63) is 55.1 Å². The maximum atomic E-state index is 14.1. The number of rotatable bonds is 2. The van der Waals surface area contributed by atoms with Crippen LogP contribution < -0.4 is 5.32 Å². The molecule has 0 saturated carbocycles. The predicted octanol–water partition coefficient (Wildman–Crippen LogP) is 5.73. The molecule has 2 aromatic carbocycles. The lowest BCUT2D eigenvalue weighted by molar-refractivity contribution is 0.624. The lowest BCUT2D eigenvalue weighted by Crippen LogP contribution is -1.96. The predicted molar refractivity (Wildman–Crippen MR) is 83.9 cm³/mol. The minimum atomic E-state index is -0.492. The Kier molecular flexibility index (Phi) is 4.61. The van der Waals surface area contributed by atoms with Crippen LogP contribution in [0.3, 0.4) is 0 Å². The summed E-state index contributed by atoms with van der Waals surface area (Å²) < 4.78 is 16.0. The topological polar surface area (TPSA) is 35.8 Å². The molecule has 0 aliphatic carbocycles. The third-order valence-corrected chi connectivity index (χ3v) is 4.33. The third kappa shape index (κ3) is 3.16. The smallest absolute Gasteiger partial charge is 0.162 e. The first kappa shape index (κ1) is 14.5. The second-order valence-corrected chi connectivity index (χ2v) is 6.21. The summed E-state index contributed by atoms with van der Waals surface area (Å²) in [6, 6.07) is 10.5. The van der Waals surface area contributed by atoms with Gasteiger partial charge in [0.05, 0.1) is 21.4 Å². The van der Waals surface area contributed by atoms with Crippen LogP contribution in [0.15, 0.2) is 43.7 Å². The number of benzene rings is 2. The molecular formula is C13H6Br3FN2. The van der Waals surface area contributed by atoms with Gasteiger partial charge in [-0.3, -0.25) is 0 Å². The molecule has 0 bridgehead atoms. The Morgan fingerprint density at radius 1 is 1.05 bits per heavy atom. The van der Waals surface area contributed by atoms with E-state index < -0.39 is 5.82 Å². The van der Waals surface area contributed by atoms with E-state index in [-0.39, 0.29) is 10.0 Å². The number of nitrogens with one attached hydrogen (secondary N) is 1. The van der Waals surface area contributed by atoms with Crippen molar-refractivity contribution in [1.82, 2.24) is 0 Å². The van der Waals surface area contributed by atoms with Crippen LogP contribution in [0.25, 0.3) is 0 Å². The van der Waals surface area contributed by atoms with E-state index in [9.17, 15) is 4.39 Å². The van der Waals surface area contributed by atoms with Gasteiger partial charge in [0.2, 0.25) is 0 Å². The highest BCUT2D eigenvalue weighted by atomic mass is 79.9. The monoisotopic (exact) mass is 446 g/mol. The molecule has 0 aliphatic heterocycles. The molecule has 0 unspecified atom stereocenters. The fourth-order valence-electron chi connectivity index (χ4n) is 1.47. The fourth-order valence-corrected chi connectivity index (χ4v) is 3.05. The summed E-state index contributed by atoms with van der Waals surface area (Å²) >= 11 is 9.83. The summed E-state index contributed by atoms with van der Waals surface area (Å²) in [5.41, 5.74) is 1.30. The van der Waals surface area contributed by atoms with Gasteiger partial charge in [-0.15, -0.1) is 0 Å². The number of hydrogen-bond donors (Lipinski definition) is 1. The largest absolute Gasteiger partial charge is 0.352 e. The average Bonchev–Trinajstić information content (AvgIpc) is 2.38. The molecule has 0 fully saturated rings. The molecular weight excluding hydrogens is 443 g/mol. The van der Waals surface area contributed by atoms with Gasteiger partial charge < -0.3 is 5.32 Å². The molecule has 96 valence electrons. The minimum Gasteiger partial charge on any atom is -0.352 e. The quantitative estimate of drug-likeness (QED) is 0.637. The zero-order valence-corrected chi connectivity index (χ0v) is 14.1. The Labute approximate surface area is 135 Å². The number of hydrogen-bond acceptors (Lipinski definition) is 2. The number of nitriles is 1. The molecule has 2 rings (SSSR count). The maximum absolute atomic E-state index is 14.1. The molecule has 0 aromatic heterocycles. The first-order valence-corrected chi connectivity index (χ1v) is 7.51. The van der Waals surface area contributed by atoms with Gasteiger partial charge in [-0.2, -0.15) is 5.26 Å². The molecule has 2 nitrogen and oxygen atoms in total. The number of nitrogens with zero attached hydrogens (tertiary/aromatic N) is 1. The van der Waals surface area contributed by atoms with Crippen molar-refractivity contribution >= 4 is 59.2 Å². The average molecular weight is 449 g/mol. The zero-order valence-electron chi connectivity index (χ0n) is 9.35. The molecule has 0 spiro atoms. The van der Waals surface area contributed by atoms with E-state index in [0.29, 0.717) is 5.69 Å². The van der Waals surface area contributed by atoms with Crippen LogP contribution in [0.1, 0.15) is 5.56 Å². The van der Waals surface area contributed by atoms with Gasteiger partial charge in [-0.25, -0.2) is 4.39 Å². The van der Waals surface area contributed by atoms with E-state index in [1.54, 1.807) is 6.07 Å². The Morgan fingerprint density at radius 2 is 1.74 bits per heavy atom. The molecule has 0 heterocycles. The van der Waals surface area contributed by atoms with E-state index in [0.717, 1.165) is 14.6 Å². The molecule has 0 aliphatic rings. The van der Waals surface area contributed by atoms with E-state index >= 15 is 0 Å². The fraction of sp³-hybridized carbons (Fsp3) is 0. The van der Waals surface area contributed by atoms with Crippen LogP contribution in [-0.4, -0.2) is 0 Å². The van der Waals surface area contributed by atoms with Gasteiger partial charge >= 0.3 is 0 Å². The van der Waals surface area contributed by atoms with Gasteiger partial charge in [-0.05, 0) is 62.2 Å². The van der Waals surface area contributed by atoms with E-state index in [1.165, 1.54) is 6.07 Å². The Bertz CT molecular complexity index is 680. The molecule has 0 saturated heterocycles. The molecule has 0 amide bonds. The SMILES string of the molecule is N#Cc1ccc(Nc2ccc(Br)cc2Br)c(F)c1Br. The van der Waals surface area contributed by atoms with Crippen molar-refractivity contribution in [2.24, 2.45) is 0 Å². The van der Waals surface area contributed by atoms with Crippen LogP contribution in [-0.2, 0) is 0 Å². The van der Waals surface area contributed by atoms with Crippen LogP contribution in [0.5, 0.6) is 0 Å². The summed E-state index contributed by atoms with van der Waals surface area (Å²) in [5, 5.41) is 11.8. The van der Waals surface area contributed by atoms with Gasteiger partial charge in [-0.1, -0.05) is 15.9 Å². The Morgan fingerprint density at radius 3 is 2.37 bits per heavy atom. The molecule has 19 heavy (non-hydrogen) atoms. The molecule has 1 N–H and O–H groups in total. The molecule has 0 radical (unpaired) electrons. The lowest BCUT2D eigenvalue weighted by Gasteiger charge is -2.11. The van der Waals surface area contributed by atoms with Crippen molar-refractivity contribution in [2.75, 3.05) is 5.32 Å². The summed E-state index contributed by atoms with van der Waals surface area (Å²) in [7, 11) is 0. The zero-order chi connectivity index (χ0) is 14.0. The van der Waals surface area contributed by atoms with Crippen LogP contribution in [0.2, 0.25) is 0 Å². The molecule has 6 heteroatoms. The number of anilines is 2. The van der Waals surface area contributed by atoms with Gasteiger partial charge in [0, 0.05) is 8.95 Å². The van der Waals surface area contributed by atoms with E-state index in [1.807, 2.05) is 24.3 Å². The summed E-state index contributed by atoms with van der Waals surface area (Å²) in [6.07, 6.45) is 0. The standard InChI is InChI=1S/C13H6Br3FN2/c14-8-2-4-10(9(15)5-8)19-11-3-1-7(6-18)12(16)13(11)17/h1-5,19H. The number of halogens is 4. The Balaban J connectivity index is 2.39. The summed E-state index contributed by atoms with van der Waals surface area (Å²) in [5.74, 6) is -0.492. The Hall–Kier alpha value is -0.900. The normalized spacial score (nSPS) is 10.1. The van der Waals surface area contributed by atoms with Gasteiger partial charge in [0.15, 0.2) is 5.82 Å². The van der Waals surface area contributed by atoms with Crippen LogP contribution in [0.4, 0.5) is 15.8 Å². The van der Waals surface area contributed by atoms with Gasteiger partial charge in [0.1, 0.15) is 6.07 Å². The summed E-state index contributed by atoms with van der Waals surface area (Å²) in [4.78, 5) is 0.